The molecule has 0 amide bonds. The van der Waals surface area contributed by atoms with Crippen molar-refractivity contribution >= 4 is 11.8 Å². The van der Waals surface area contributed by atoms with Crippen LogP contribution in [0.4, 0.5) is 11.8 Å². The van der Waals surface area contributed by atoms with Gasteiger partial charge in [-0.25, -0.2) is 4.98 Å². The third-order valence-electron chi connectivity index (χ3n) is 5.77. The van der Waals surface area contributed by atoms with Crippen molar-refractivity contribution in [1.29, 1.82) is 0 Å². The van der Waals surface area contributed by atoms with Crippen LogP contribution in [0.25, 0.3) is 11.3 Å². The van der Waals surface area contributed by atoms with Crippen molar-refractivity contribution in [2.45, 2.75) is 45.4 Å². The van der Waals surface area contributed by atoms with Crippen molar-refractivity contribution < 1.29 is 0 Å². The van der Waals surface area contributed by atoms with E-state index in [2.05, 4.69) is 53.1 Å². The molecule has 0 bridgehead atoms. The second kappa shape index (κ2) is 8.07. The molecule has 2 saturated heterocycles. The summed E-state index contributed by atoms with van der Waals surface area (Å²) in [6.07, 6.45) is 7.65. The van der Waals surface area contributed by atoms with Gasteiger partial charge in [0.15, 0.2) is 0 Å². The smallest absolute Gasteiger partial charge is 0.227 e. The topological polar surface area (TPSA) is 32.3 Å². The summed E-state index contributed by atoms with van der Waals surface area (Å²) >= 11 is 0. The molecule has 3 heterocycles. The van der Waals surface area contributed by atoms with Crippen LogP contribution in [0.15, 0.2) is 36.4 Å². The molecule has 2 aliphatic rings. The molecule has 2 aromatic rings. The summed E-state index contributed by atoms with van der Waals surface area (Å²) in [7, 11) is 0. The van der Waals surface area contributed by atoms with Gasteiger partial charge in [0, 0.05) is 37.8 Å². The Bertz CT molecular complexity index is 699. The molecule has 0 saturated carbocycles. The first-order valence-electron chi connectivity index (χ1n) is 10.2. The highest BCUT2D eigenvalue weighted by atomic mass is 15.3. The molecular weight excluding hydrogens is 320 g/mol. The average Bonchev–Trinajstić information content (AvgIpc) is 2.98. The van der Waals surface area contributed by atoms with E-state index in [1.165, 1.54) is 44.1 Å². The van der Waals surface area contributed by atoms with E-state index in [0.717, 1.165) is 49.6 Å². The highest BCUT2D eigenvalue weighted by molar-refractivity contribution is 5.65. The predicted octanol–water partition coefficient (Wildman–Crippen LogP) is 4.76. The first-order chi connectivity index (χ1) is 12.8. The Morgan fingerprint density at radius 2 is 1.50 bits per heavy atom. The van der Waals surface area contributed by atoms with Gasteiger partial charge in [-0.05, 0) is 31.6 Å². The number of piperidine rings is 1. The van der Waals surface area contributed by atoms with E-state index >= 15 is 0 Å². The van der Waals surface area contributed by atoms with Crippen LogP contribution in [0.3, 0.4) is 0 Å². The minimum Gasteiger partial charge on any atom is -0.356 e. The third kappa shape index (κ3) is 4.00. The standard InChI is InChI=1S/C22H30N4/c1-18-11-15-25(16-12-18)21-17-20(19-9-5-4-6-10-19)23-22(24-21)26-13-7-2-3-8-14-26/h4-6,9-10,17-18H,2-3,7-8,11-16H2,1H3. The molecule has 0 aliphatic carbocycles. The van der Waals surface area contributed by atoms with Gasteiger partial charge < -0.3 is 9.80 Å². The zero-order chi connectivity index (χ0) is 17.8. The number of hydrogen-bond donors (Lipinski definition) is 0. The van der Waals surface area contributed by atoms with Crippen LogP contribution >= 0.6 is 0 Å². The van der Waals surface area contributed by atoms with Crippen molar-refractivity contribution in [2.24, 2.45) is 5.92 Å². The second-order valence-corrected chi connectivity index (χ2v) is 7.85. The molecule has 0 radical (unpaired) electrons. The highest BCUT2D eigenvalue weighted by Gasteiger charge is 2.21. The lowest BCUT2D eigenvalue weighted by Crippen LogP contribution is -2.34. The molecule has 0 unspecified atom stereocenters. The Balaban J connectivity index is 1.69. The molecule has 1 aromatic carbocycles. The quantitative estimate of drug-likeness (QED) is 0.799. The van der Waals surface area contributed by atoms with Gasteiger partial charge >= 0.3 is 0 Å². The monoisotopic (exact) mass is 350 g/mol. The summed E-state index contributed by atoms with van der Waals surface area (Å²) in [4.78, 5) is 14.8. The molecule has 2 fully saturated rings. The Labute approximate surface area is 157 Å². The van der Waals surface area contributed by atoms with E-state index in [1.807, 2.05) is 0 Å². The summed E-state index contributed by atoms with van der Waals surface area (Å²) in [6.45, 7) is 6.72. The van der Waals surface area contributed by atoms with Gasteiger partial charge in [-0.2, -0.15) is 4.98 Å². The maximum absolute atomic E-state index is 5.01. The van der Waals surface area contributed by atoms with Crippen LogP contribution in [0.5, 0.6) is 0 Å². The Morgan fingerprint density at radius 3 is 2.19 bits per heavy atom. The van der Waals surface area contributed by atoms with Crippen LogP contribution in [-0.4, -0.2) is 36.1 Å². The van der Waals surface area contributed by atoms with Crippen LogP contribution in [0.1, 0.15) is 45.4 Å². The predicted molar refractivity (Wildman–Crippen MR) is 109 cm³/mol. The van der Waals surface area contributed by atoms with E-state index in [4.69, 9.17) is 9.97 Å². The van der Waals surface area contributed by atoms with Crippen molar-refractivity contribution in [1.82, 2.24) is 9.97 Å². The molecule has 0 atom stereocenters. The maximum Gasteiger partial charge on any atom is 0.227 e. The van der Waals surface area contributed by atoms with E-state index < -0.39 is 0 Å². The van der Waals surface area contributed by atoms with E-state index in [9.17, 15) is 0 Å². The summed E-state index contributed by atoms with van der Waals surface area (Å²) in [5.41, 5.74) is 2.23. The number of rotatable bonds is 3. The fraction of sp³-hybridized carbons (Fsp3) is 0.545. The zero-order valence-corrected chi connectivity index (χ0v) is 15.9. The van der Waals surface area contributed by atoms with Gasteiger partial charge in [-0.3, -0.25) is 0 Å². The number of aromatic nitrogens is 2. The molecular formula is C22H30N4. The van der Waals surface area contributed by atoms with Gasteiger partial charge in [0.2, 0.25) is 5.95 Å². The number of anilines is 2. The van der Waals surface area contributed by atoms with Gasteiger partial charge in [-0.15, -0.1) is 0 Å². The Kier molecular flexibility index (Phi) is 5.37. The van der Waals surface area contributed by atoms with Crippen LogP contribution in [0.2, 0.25) is 0 Å². The molecule has 2 aliphatic heterocycles. The lowest BCUT2D eigenvalue weighted by atomic mass is 9.99. The number of benzene rings is 1. The third-order valence-corrected chi connectivity index (χ3v) is 5.77. The molecule has 138 valence electrons. The lowest BCUT2D eigenvalue weighted by molar-refractivity contribution is 0.436. The fourth-order valence-electron chi connectivity index (χ4n) is 3.99. The molecule has 1 aromatic heterocycles. The van der Waals surface area contributed by atoms with Gasteiger partial charge in [0.25, 0.3) is 0 Å². The van der Waals surface area contributed by atoms with Crippen LogP contribution < -0.4 is 9.80 Å². The van der Waals surface area contributed by atoms with Crippen molar-refractivity contribution in [3.8, 4) is 11.3 Å². The summed E-state index contributed by atoms with van der Waals surface area (Å²) in [5, 5.41) is 0. The number of nitrogens with zero attached hydrogens (tertiary/aromatic N) is 4. The first-order valence-corrected chi connectivity index (χ1v) is 10.2. The molecule has 4 nitrogen and oxygen atoms in total. The Morgan fingerprint density at radius 1 is 0.808 bits per heavy atom. The molecule has 0 N–H and O–H groups in total. The van der Waals surface area contributed by atoms with Crippen molar-refractivity contribution in [3.63, 3.8) is 0 Å². The van der Waals surface area contributed by atoms with Crippen molar-refractivity contribution in [3.05, 3.63) is 36.4 Å². The molecule has 4 heteroatoms. The molecule has 0 spiro atoms. The largest absolute Gasteiger partial charge is 0.356 e. The van der Waals surface area contributed by atoms with Gasteiger partial charge in [-0.1, -0.05) is 50.1 Å². The fourth-order valence-corrected chi connectivity index (χ4v) is 3.99. The van der Waals surface area contributed by atoms with Crippen LogP contribution in [0, 0.1) is 5.92 Å². The zero-order valence-electron chi connectivity index (χ0n) is 15.9. The first kappa shape index (κ1) is 17.3. The Hall–Kier alpha value is -2.10. The van der Waals surface area contributed by atoms with E-state index in [-0.39, 0.29) is 0 Å². The second-order valence-electron chi connectivity index (χ2n) is 7.85. The van der Waals surface area contributed by atoms with Gasteiger partial charge in [0.1, 0.15) is 5.82 Å². The minimum absolute atomic E-state index is 0.826. The number of hydrogen-bond acceptors (Lipinski definition) is 4. The van der Waals surface area contributed by atoms with E-state index in [0.29, 0.717) is 0 Å². The maximum atomic E-state index is 5.01. The van der Waals surface area contributed by atoms with E-state index in [1.54, 1.807) is 0 Å². The van der Waals surface area contributed by atoms with Crippen molar-refractivity contribution in [2.75, 3.05) is 36.0 Å². The molecule has 4 rings (SSSR count). The lowest BCUT2D eigenvalue weighted by Gasteiger charge is -2.32. The SMILES string of the molecule is CC1CCN(c2cc(-c3ccccc3)nc(N3CCCCCC3)n2)CC1. The summed E-state index contributed by atoms with van der Waals surface area (Å²) < 4.78 is 0. The van der Waals surface area contributed by atoms with Crippen LogP contribution in [-0.2, 0) is 0 Å². The normalized spacial score (nSPS) is 19.4. The summed E-state index contributed by atoms with van der Waals surface area (Å²) in [6, 6.07) is 12.7. The minimum atomic E-state index is 0.826. The highest BCUT2D eigenvalue weighted by Crippen LogP contribution is 2.28. The van der Waals surface area contributed by atoms with Gasteiger partial charge in [0.05, 0.1) is 5.69 Å². The molecule has 26 heavy (non-hydrogen) atoms. The average molecular weight is 351 g/mol. The summed E-state index contributed by atoms with van der Waals surface area (Å²) in [5.74, 6) is 2.85.